The lowest BCUT2D eigenvalue weighted by Gasteiger charge is -2.06. The molecule has 128 valence electrons. The van der Waals surface area contributed by atoms with E-state index in [9.17, 15) is 4.79 Å². The van der Waals surface area contributed by atoms with Crippen molar-refractivity contribution < 1.29 is 4.79 Å². The second kappa shape index (κ2) is 9.38. The Labute approximate surface area is 149 Å². The van der Waals surface area contributed by atoms with Gasteiger partial charge in [0.2, 0.25) is 0 Å². The van der Waals surface area contributed by atoms with Crippen LogP contribution in [0.2, 0.25) is 0 Å². The average Bonchev–Trinajstić information content (AvgIpc) is 2.62. The number of benzene rings is 1. The molecule has 0 atom stereocenters. The molecule has 2 rings (SSSR count). The number of aromatic nitrogens is 1. The van der Waals surface area contributed by atoms with E-state index in [0.717, 1.165) is 23.2 Å². The summed E-state index contributed by atoms with van der Waals surface area (Å²) in [5, 5.41) is 0. The van der Waals surface area contributed by atoms with Crippen molar-refractivity contribution in [2.45, 2.75) is 26.7 Å². The Kier molecular flexibility index (Phi) is 6.90. The van der Waals surface area contributed by atoms with Crippen molar-refractivity contribution in [2.75, 3.05) is 0 Å². The predicted octanol–water partition coefficient (Wildman–Crippen LogP) is 4.62. The molecule has 1 aromatic heterocycles. The van der Waals surface area contributed by atoms with Crippen LogP contribution in [-0.4, -0.2) is 10.8 Å². The highest BCUT2D eigenvalue weighted by atomic mass is 16.1. The largest absolute Gasteiger partial charge is 0.402 e. The van der Waals surface area contributed by atoms with Gasteiger partial charge >= 0.3 is 0 Å². The summed E-state index contributed by atoms with van der Waals surface area (Å²) >= 11 is 0. The number of carbonyl (C=O) groups excluding carboxylic acids is 1. The van der Waals surface area contributed by atoms with Crippen molar-refractivity contribution >= 4 is 5.78 Å². The zero-order valence-electron chi connectivity index (χ0n) is 14.8. The maximum atomic E-state index is 12.2. The van der Waals surface area contributed by atoms with Crippen LogP contribution in [0.3, 0.4) is 0 Å². The summed E-state index contributed by atoms with van der Waals surface area (Å²) in [6.07, 6.45) is 10.5. The van der Waals surface area contributed by atoms with Gasteiger partial charge in [-0.2, -0.15) is 0 Å². The highest BCUT2D eigenvalue weighted by Gasteiger charge is 2.04. The van der Waals surface area contributed by atoms with Crippen molar-refractivity contribution in [3.8, 4) is 11.3 Å². The Hall–Kier alpha value is -2.94. The van der Waals surface area contributed by atoms with Crippen LogP contribution in [0.4, 0.5) is 0 Å². The lowest BCUT2D eigenvalue weighted by atomic mass is 10.0. The molecule has 0 fully saturated rings. The van der Waals surface area contributed by atoms with E-state index >= 15 is 0 Å². The van der Waals surface area contributed by atoms with E-state index < -0.39 is 0 Å². The first-order valence-corrected chi connectivity index (χ1v) is 8.44. The molecule has 0 radical (unpaired) electrons. The molecule has 0 aliphatic heterocycles. The van der Waals surface area contributed by atoms with Crippen molar-refractivity contribution in [1.29, 1.82) is 0 Å². The van der Waals surface area contributed by atoms with Crippen LogP contribution in [0.5, 0.6) is 0 Å². The second-order valence-corrected chi connectivity index (χ2v) is 5.86. The van der Waals surface area contributed by atoms with E-state index in [1.54, 1.807) is 13.1 Å². The number of hydrogen-bond acceptors (Lipinski definition) is 3. The zero-order valence-corrected chi connectivity index (χ0v) is 14.8. The van der Waals surface area contributed by atoms with E-state index in [1.807, 2.05) is 54.6 Å². The first-order chi connectivity index (χ1) is 12.1. The van der Waals surface area contributed by atoms with Crippen LogP contribution < -0.4 is 5.73 Å². The van der Waals surface area contributed by atoms with Crippen LogP contribution in [0.15, 0.2) is 84.2 Å². The summed E-state index contributed by atoms with van der Waals surface area (Å²) in [6.45, 7) is 3.85. The lowest BCUT2D eigenvalue weighted by molar-refractivity contribution is -0.111. The van der Waals surface area contributed by atoms with E-state index in [-0.39, 0.29) is 5.78 Å². The number of hydrogen-bond donors (Lipinski definition) is 1. The molecule has 0 saturated carbocycles. The molecule has 0 aliphatic carbocycles. The highest BCUT2D eigenvalue weighted by molar-refractivity contribution is 6.04. The van der Waals surface area contributed by atoms with Crippen LogP contribution >= 0.6 is 0 Å². The predicted molar refractivity (Wildman–Crippen MR) is 104 cm³/mol. The van der Waals surface area contributed by atoms with Crippen molar-refractivity contribution in [3.05, 3.63) is 89.8 Å². The summed E-state index contributed by atoms with van der Waals surface area (Å²) in [7, 11) is 0. The maximum Gasteiger partial charge on any atom is 0.183 e. The summed E-state index contributed by atoms with van der Waals surface area (Å²) in [6, 6.07) is 13.9. The van der Waals surface area contributed by atoms with Crippen molar-refractivity contribution in [2.24, 2.45) is 5.73 Å². The minimum atomic E-state index is -0.0564. The molecule has 1 heterocycles. The molecule has 3 heteroatoms. The number of allylic oxidation sites excluding steroid dienone is 6. The third kappa shape index (κ3) is 5.88. The third-order valence-electron chi connectivity index (χ3n) is 3.72. The Morgan fingerprint density at radius 1 is 1.20 bits per heavy atom. The maximum absolute atomic E-state index is 12.2. The van der Waals surface area contributed by atoms with Gasteiger partial charge in [-0.1, -0.05) is 49.4 Å². The van der Waals surface area contributed by atoms with Crippen LogP contribution in [0, 0.1) is 0 Å². The number of carbonyl (C=O) groups is 1. The Morgan fingerprint density at radius 3 is 2.76 bits per heavy atom. The average molecular weight is 332 g/mol. The molecule has 0 aliphatic rings. The molecule has 0 amide bonds. The molecule has 0 unspecified atom stereocenters. The van der Waals surface area contributed by atoms with Gasteiger partial charge in [0.15, 0.2) is 5.78 Å². The number of nitrogens with zero attached hydrogens (tertiary/aromatic N) is 1. The fraction of sp³-hybridized carbons (Fsp3) is 0.182. The highest BCUT2D eigenvalue weighted by Crippen LogP contribution is 2.18. The van der Waals surface area contributed by atoms with Gasteiger partial charge in [-0.05, 0) is 42.7 Å². The van der Waals surface area contributed by atoms with Gasteiger partial charge in [0.05, 0.1) is 5.69 Å². The third-order valence-corrected chi connectivity index (χ3v) is 3.72. The molecule has 25 heavy (non-hydrogen) atoms. The normalized spacial score (nSPS) is 12.6. The minimum absolute atomic E-state index is 0.0564. The van der Waals surface area contributed by atoms with E-state index in [0.29, 0.717) is 17.7 Å². The molecule has 0 spiro atoms. The van der Waals surface area contributed by atoms with Gasteiger partial charge < -0.3 is 5.73 Å². The standard InChI is InChI=1S/C22H24N2O/c1-3-4-5-9-17(2)22(25)16-20(23)15-18-10-8-11-19(14-18)21-12-6-7-13-24-21/h4-14,16H,3,15,23H2,1-2H3/b5-4-,17-9+,20-16-. The van der Waals surface area contributed by atoms with Crippen LogP contribution in [0.1, 0.15) is 25.8 Å². The topological polar surface area (TPSA) is 56.0 Å². The van der Waals surface area contributed by atoms with Crippen LogP contribution in [0.25, 0.3) is 11.3 Å². The first kappa shape index (κ1) is 18.4. The van der Waals surface area contributed by atoms with E-state index in [1.165, 1.54) is 6.08 Å². The molecule has 0 bridgehead atoms. The van der Waals surface area contributed by atoms with E-state index in [2.05, 4.69) is 18.0 Å². The molecular weight excluding hydrogens is 308 g/mol. The monoisotopic (exact) mass is 332 g/mol. The number of rotatable bonds is 7. The summed E-state index contributed by atoms with van der Waals surface area (Å²) < 4.78 is 0. The quantitative estimate of drug-likeness (QED) is 0.595. The molecular formula is C22H24N2O. The SMILES string of the molecule is CC/C=C\C=C(/C)C(=O)/C=C(\N)Cc1cccc(-c2ccccn2)c1. The summed E-state index contributed by atoms with van der Waals surface area (Å²) in [5.41, 5.74) is 10.3. The fourth-order valence-corrected chi connectivity index (χ4v) is 2.37. The summed E-state index contributed by atoms with van der Waals surface area (Å²) in [5.74, 6) is -0.0564. The smallest absolute Gasteiger partial charge is 0.183 e. The summed E-state index contributed by atoms with van der Waals surface area (Å²) in [4.78, 5) is 16.5. The van der Waals surface area contributed by atoms with Crippen LogP contribution in [-0.2, 0) is 11.2 Å². The molecule has 2 aromatic rings. The van der Waals surface area contributed by atoms with Crippen molar-refractivity contribution in [3.63, 3.8) is 0 Å². The second-order valence-electron chi connectivity index (χ2n) is 5.86. The zero-order chi connectivity index (χ0) is 18.1. The Balaban J connectivity index is 2.10. The molecule has 3 nitrogen and oxygen atoms in total. The number of nitrogens with two attached hydrogens (primary N) is 1. The number of ketones is 1. The van der Waals surface area contributed by atoms with Gasteiger partial charge in [0.1, 0.15) is 0 Å². The minimum Gasteiger partial charge on any atom is -0.402 e. The fourth-order valence-electron chi connectivity index (χ4n) is 2.37. The Morgan fingerprint density at radius 2 is 2.04 bits per heavy atom. The van der Waals surface area contributed by atoms with Gasteiger partial charge in [0, 0.05) is 30.0 Å². The number of pyridine rings is 1. The lowest BCUT2D eigenvalue weighted by Crippen LogP contribution is -2.06. The molecule has 1 aromatic carbocycles. The molecule has 0 saturated heterocycles. The van der Waals surface area contributed by atoms with Gasteiger partial charge in [-0.3, -0.25) is 9.78 Å². The van der Waals surface area contributed by atoms with Crippen molar-refractivity contribution in [1.82, 2.24) is 4.98 Å². The van der Waals surface area contributed by atoms with E-state index in [4.69, 9.17) is 5.73 Å². The van der Waals surface area contributed by atoms with Gasteiger partial charge in [0.25, 0.3) is 0 Å². The molecule has 2 N–H and O–H groups in total. The first-order valence-electron chi connectivity index (χ1n) is 8.44. The Bertz CT molecular complexity index is 802. The van der Waals surface area contributed by atoms with Gasteiger partial charge in [-0.25, -0.2) is 0 Å². The van der Waals surface area contributed by atoms with Gasteiger partial charge in [-0.15, -0.1) is 0 Å².